The van der Waals surface area contributed by atoms with Crippen LogP contribution in [0.4, 0.5) is 5.69 Å². The molecule has 4 rings (SSSR count). The van der Waals surface area contributed by atoms with Gasteiger partial charge in [0.15, 0.2) is 5.54 Å². The summed E-state index contributed by atoms with van der Waals surface area (Å²) >= 11 is 13.2. The molecule has 0 spiro atoms. The number of carbonyl (C=O) groups is 3. The molecule has 3 N–H and O–H groups in total. The first kappa shape index (κ1) is 28.5. The third kappa shape index (κ3) is 5.60. The molecule has 0 saturated carbocycles. The fourth-order valence-corrected chi connectivity index (χ4v) is 5.27. The van der Waals surface area contributed by atoms with Crippen molar-refractivity contribution in [1.29, 1.82) is 0 Å². The Bertz CT molecular complexity index is 1470. The van der Waals surface area contributed by atoms with E-state index in [1.54, 1.807) is 55.5 Å². The molecule has 9 heteroatoms. The number of hydrogen-bond acceptors (Lipinski definition) is 4. The van der Waals surface area contributed by atoms with E-state index in [2.05, 4.69) is 16.0 Å². The molecule has 3 amide bonds. The van der Waals surface area contributed by atoms with Crippen LogP contribution in [-0.4, -0.2) is 30.4 Å². The maximum Gasteiger partial charge on any atom is 0.259 e. The lowest BCUT2D eigenvalue weighted by molar-refractivity contribution is -0.128. The molecule has 0 saturated heterocycles. The summed E-state index contributed by atoms with van der Waals surface area (Å²) in [4.78, 5) is 39.1. The standard InChI is InChI=1S/C30H31Cl2N3O4/c1-6-25(36)34-30(21-9-7-8-10-23(21)32)22-16-20(31)14-19(26(22)33-28(30)38)13-17-11-12-18(15-24(17)39-5)27(37)35-29(2,3)4/h7-12,14-16H,6,13H2,1-5H3,(H,33,38)(H,34,36)(H,35,37). The van der Waals surface area contributed by atoms with Gasteiger partial charge in [-0.15, -0.1) is 0 Å². The van der Waals surface area contributed by atoms with Crippen LogP contribution in [0.3, 0.4) is 0 Å². The number of benzene rings is 3. The van der Waals surface area contributed by atoms with Gasteiger partial charge in [0.1, 0.15) is 5.75 Å². The zero-order chi connectivity index (χ0) is 28.5. The second-order valence-corrected chi connectivity index (χ2v) is 11.3. The molecule has 0 radical (unpaired) electrons. The van der Waals surface area contributed by atoms with Gasteiger partial charge in [-0.3, -0.25) is 14.4 Å². The molecule has 0 bridgehead atoms. The maximum atomic E-state index is 13.7. The van der Waals surface area contributed by atoms with Crippen LogP contribution in [0.15, 0.2) is 54.6 Å². The minimum Gasteiger partial charge on any atom is -0.496 e. The van der Waals surface area contributed by atoms with E-state index >= 15 is 0 Å². The lowest BCUT2D eigenvalue weighted by atomic mass is 9.82. The molecule has 0 aromatic heterocycles. The number of methoxy groups -OCH3 is 1. The average Bonchev–Trinajstić information content (AvgIpc) is 3.15. The quantitative estimate of drug-likeness (QED) is 0.334. The van der Waals surface area contributed by atoms with Crippen molar-refractivity contribution in [2.24, 2.45) is 0 Å². The molecular formula is C30H31Cl2N3O4. The van der Waals surface area contributed by atoms with E-state index in [9.17, 15) is 14.4 Å². The van der Waals surface area contributed by atoms with Gasteiger partial charge in [0.2, 0.25) is 5.91 Å². The van der Waals surface area contributed by atoms with Crippen molar-refractivity contribution in [1.82, 2.24) is 10.6 Å². The summed E-state index contributed by atoms with van der Waals surface area (Å²) < 4.78 is 5.63. The summed E-state index contributed by atoms with van der Waals surface area (Å²) in [7, 11) is 1.54. The summed E-state index contributed by atoms with van der Waals surface area (Å²) in [5.41, 5.74) is 1.53. The Morgan fingerprint density at radius 2 is 1.72 bits per heavy atom. The van der Waals surface area contributed by atoms with Crippen molar-refractivity contribution in [3.05, 3.63) is 92.5 Å². The summed E-state index contributed by atoms with van der Waals surface area (Å²) in [5, 5.41) is 9.57. The van der Waals surface area contributed by atoms with Crippen molar-refractivity contribution in [2.75, 3.05) is 12.4 Å². The van der Waals surface area contributed by atoms with Crippen LogP contribution in [0.25, 0.3) is 0 Å². The van der Waals surface area contributed by atoms with E-state index in [1.807, 2.05) is 26.8 Å². The van der Waals surface area contributed by atoms with E-state index in [0.717, 1.165) is 11.1 Å². The summed E-state index contributed by atoms with van der Waals surface area (Å²) in [6.07, 6.45) is 0.516. The highest BCUT2D eigenvalue weighted by Gasteiger charge is 2.51. The van der Waals surface area contributed by atoms with Gasteiger partial charge in [0.25, 0.3) is 11.8 Å². The van der Waals surface area contributed by atoms with Gasteiger partial charge in [-0.1, -0.05) is 54.4 Å². The third-order valence-corrected chi connectivity index (χ3v) is 7.06. The first-order valence-electron chi connectivity index (χ1n) is 12.6. The fraction of sp³-hybridized carbons (Fsp3) is 0.300. The second-order valence-electron chi connectivity index (χ2n) is 10.5. The monoisotopic (exact) mass is 567 g/mol. The fourth-order valence-electron chi connectivity index (χ4n) is 4.75. The number of fused-ring (bicyclic) bond motifs is 1. The first-order valence-corrected chi connectivity index (χ1v) is 13.3. The Balaban J connectivity index is 1.82. The number of halogens is 2. The van der Waals surface area contributed by atoms with E-state index in [0.29, 0.717) is 44.6 Å². The molecular weight excluding hydrogens is 537 g/mol. The van der Waals surface area contributed by atoms with Gasteiger partial charge in [-0.25, -0.2) is 0 Å². The summed E-state index contributed by atoms with van der Waals surface area (Å²) in [6, 6.07) is 15.6. The van der Waals surface area contributed by atoms with Crippen LogP contribution in [0, 0.1) is 0 Å². The highest BCUT2D eigenvalue weighted by atomic mass is 35.5. The Morgan fingerprint density at radius 3 is 2.36 bits per heavy atom. The van der Waals surface area contributed by atoms with Gasteiger partial charge in [-0.05, 0) is 62.2 Å². The highest BCUT2D eigenvalue weighted by Crippen LogP contribution is 2.46. The van der Waals surface area contributed by atoms with E-state index in [4.69, 9.17) is 27.9 Å². The third-order valence-electron chi connectivity index (χ3n) is 6.51. The number of carbonyl (C=O) groups excluding carboxylic acids is 3. The highest BCUT2D eigenvalue weighted by molar-refractivity contribution is 6.33. The lowest BCUT2D eigenvalue weighted by Gasteiger charge is -2.30. The second kappa shape index (κ2) is 10.9. The van der Waals surface area contributed by atoms with Crippen LogP contribution >= 0.6 is 23.2 Å². The molecule has 204 valence electrons. The number of anilines is 1. The van der Waals surface area contributed by atoms with Crippen molar-refractivity contribution in [3.63, 3.8) is 0 Å². The van der Waals surface area contributed by atoms with Crippen LogP contribution in [0.5, 0.6) is 5.75 Å². The number of ether oxygens (including phenoxy) is 1. The minimum absolute atomic E-state index is 0.175. The lowest BCUT2D eigenvalue weighted by Crippen LogP contribution is -2.51. The average molecular weight is 569 g/mol. The van der Waals surface area contributed by atoms with Crippen molar-refractivity contribution in [3.8, 4) is 5.75 Å². The van der Waals surface area contributed by atoms with Gasteiger partial charge >= 0.3 is 0 Å². The maximum absolute atomic E-state index is 13.7. The molecule has 7 nitrogen and oxygen atoms in total. The zero-order valence-electron chi connectivity index (χ0n) is 22.5. The largest absolute Gasteiger partial charge is 0.496 e. The molecule has 1 heterocycles. The normalized spacial score (nSPS) is 16.3. The van der Waals surface area contributed by atoms with Crippen molar-refractivity contribution in [2.45, 2.75) is 51.6 Å². The van der Waals surface area contributed by atoms with E-state index < -0.39 is 11.4 Å². The van der Waals surface area contributed by atoms with Gasteiger partial charge in [0.05, 0.1) is 12.8 Å². The molecule has 1 aliphatic rings. The molecule has 3 aromatic carbocycles. The van der Waals surface area contributed by atoms with Crippen molar-refractivity contribution >= 4 is 46.6 Å². The van der Waals surface area contributed by atoms with Gasteiger partial charge in [0, 0.05) is 45.1 Å². The molecule has 1 atom stereocenters. The van der Waals surface area contributed by atoms with Crippen LogP contribution in [0.1, 0.15) is 66.7 Å². The smallest absolute Gasteiger partial charge is 0.259 e. The Kier molecular flexibility index (Phi) is 7.96. The zero-order valence-corrected chi connectivity index (χ0v) is 24.0. The Hall–Kier alpha value is -3.55. The molecule has 3 aromatic rings. The molecule has 0 fully saturated rings. The van der Waals surface area contributed by atoms with Crippen molar-refractivity contribution < 1.29 is 19.1 Å². The molecule has 1 aliphatic heterocycles. The summed E-state index contributed by atoms with van der Waals surface area (Å²) in [6.45, 7) is 7.45. The molecule has 1 unspecified atom stereocenters. The number of rotatable bonds is 7. The minimum atomic E-state index is -1.56. The topological polar surface area (TPSA) is 96.5 Å². The number of hydrogen-bond donors (Lipinski definition) is 3. The van der Waals surface area contributed by atoms with E-state index in [1.165, 1.54) is 7.11 Å². The Labute approximate surface area is 238 Å². The Morgan fingerprint density at radius 1 is 1.00 bits per heavy atom. The molecule has 39 heavy (non-hydrogen) atoms. The summed E-state index contributed by atoms with van der Waals surface area (Å²) in [5.74, 6) is -0.437. The predicted molar refractivity (Wildman–Crippen MR) is 154 cm³/mol. The van der Waals surface area contributed by atoms with Crippen LogP contribution in [0.2, 0.25) is 10.0 Å². The first-order chi connectivity index (χ1) is 18.4. The van der Waals surface area contributed by atoms with Gasteiger partial charge < -0.3 is 20.7 Å². The predicted octanol–water partition coefficient (Wildman–Crippen LogP) is 5.84. The van der Waals surface area contributed by atoms with Crippen LogP contribution < -0.4 is 20.7 Å². The number of nitrogens with one attached hydrogen (secondary N) is 3. The van der Waals surface area contributed by atoms with Crippen LogP contribution in [-0.2, 0) is 21.5 Å². The SMILES string of the molecule is CCC(=O)NC1(c2ccccc2Cl)C(=O)Nc2c(Cc3ccc(C(=O)NC(C)(C)C)cc3OC)cc(Cl)cc21. The number of amides is 3. The molecule has 0 aliphatic carbocycles. The van der Waals surface area contributed by atoms with E-state index in [-0.39, 0.29) is 23.8 Å². The van der Waals surface area contributed by atoms with Gasteiger partial charge in [-0.2, -0.15) is 0 Å².